The van der Waals surface area contributed by atoms with Crippen LogP contribution in [0.15, 0.2) is 54.9 Å². The molecule has 0 atom stereocenters. The zero-order chi connectivity index (χ0) is 16.1. The standard InChI is InChI=1S/C17H14FN3O2/c18-13-7-5-12(6-8-13)9-19-16(22)10-23-17-14-3-1-2-4-15(14)20-11-21-17/h1-8,11H,9-10H2,(H,19,22). The molecule has 1 aromatic heterocycles. The van der Waals surface area contributed by atoms with Crippen molar-refractivity contribution in [3.05, 3.63) is 66.2 Å². The summed E-state index contributed by atoms with van der Waals surface area (Å²) in [7, 11) is 0. The summed E-state index contributed by atoms with van der Waals surface area (Å²) >= 11 is 0. The molecule has 0 aliphatic rings. The molecule has 0 fully saturated rings. The molecular formula is C17H14FN3O2. The molecule has 0 saturated heterocycles. The summed E-state index contributed by atoms with van der Waals surface area (Å²) in [5.41, 5.74) is 1.57. The van der Waals surface area contributed by atoms with Crippen LogP contribution in [0.1, 0.15) is 5.56 Å². The summed E-state index contributed by atoms with van der Waals surface area (Å²) in [6.45, 7) is 0.162. The van der Waals surface area contributed by atoms with Gasteiger partial charge in [0.25, 0.3) is 5.91 Å². The summed E-state index contributed by atoms with van der Waals surface area (Å²) in [5, 5.41) is 3.46. The van der Waals surface area contributed by atoms with E-state index in [1.54, 1.807) is 12.1 Å². The number of hydrogen-bond acceptors (Lipinski definition) is 4. The highest BCUT2D eigenvalue weighted by Gasteiger charge is 2.07. The van der Waals surface area contributed by atoms with Crippen molar-refractivity contribution in [2.75, 3.05) is 6.61 Å². The van der Waals surface area contributed by atoms with Crippen LogP contribution in [0.3, 0.4) is 0 Å². The van der Waals surface area contributed by atoms with E-state index in [1.807, 2.05) is 24.3 Å². The van der Waals surface area contributed by atoms with Gasteiger partial charge < -0.3 is 10.1 Å². The van der Waals surface area contributed by atoms with Crippen LogP contribution in [0, 0.1) is 5.82 Å². The Morgan fingerprint density at radius 1 is 1.09 bits per heavy atom. The topological polar surface area (TPSA) is 64.1 Å². The van der Waals surface area contributed by atoms with E-state index in [0.29, 0.717) is 12.4 Å². The lowest BCUT2D eigenvalue weighted by molar-refractivity contribution is -0.123. The van der Waals surface area contributed by atoms with Gasteiger partial charge in [0.2, 0.25) is 5.88 Å². The molecule has 2 aromatic carbocycles. The van der Waals surface area contributed by atoms with Gasteiger partial charge in [0.05, 0.1) is 10.9 Å². The predicted molar refractivity (Wildman–Crippen MR) is 83.3 cm³/mol. The van der Waals surface area contributed by atoms with Gasteiger partial charge in [-0.25, -0.2) is 14.4 Å². The third-order valence-electron chi connectivity index (χ3n) is 3.25. The lowest BCUT2D eigenvalue weighted by atomic mass is 10.2. The monoisotopic (exact) mass is 311 g/mol. The number of amides is 1. The third kappa shape index (κ3) is 3.79. The van der Waals surface area contributed by atoms with E-state index in [4.69, 9.17) is 4.74 Å². The lowest BCUT2D eigenvalue weighted by Gasteiger charge is -2.08. The van der Waals surface area contributed by atoms with Crippen LogP contribution < -0.4 is 10.1 Å². The highest BCUT2D eigenvalue weighted by atomic mass is 19.1. The minimum absolute atomic E-state index is 0.151. The molecule has 0 unspecified atom stereocenters. The second kappa shape index (κ2) is 6.83. The summed E-state index contributed by atoms with van der Waals surface area (Å²) in [6, 6.07) is 13.3. The molecule has 6 heteroatoms. The number of aromatic nitrogens is 2. The molecule has 0 radical (unpaired) electrons. The fourth-order valence-corrected chi connectivity index (χ4v) is 2.08. The Bertz CT molecular complexity index is 816. The molecule has 0 bridgehead atoms. The van der Waals surface area contributed by atoms with Gasteiger partial charge in [0.15, 0.2) is 6.61 Å². The Kier molecular flexibility index (Phi) is 4.42. The Morgan fingerprint density at radius 2 is 1.87 bits per heavy atom. The average molecular weight is 311 g/mol. The molecule has 5 nitrogen and oxygen atoms in total. The van der Waals surface area contributed by atoms with Crippen molar-refractivity contribution in [1.82, 2.24) is 15.3 Å². The van der Waals surface area contributed by atoms with Crippen LogP contribution in [0.4, 0.5) is 4.39 Å². The summed E-state index contributed by atoms with van der Waals surface area (Å²) in [6.07, 6.45) is 1.40. The molecule has 0 aliphatic heterocycles. The van der Waals surface area contributed by atoms with Crippen molar-refractivity contribution in [3.63, 3.8) is 0 Å². The van der Waals surface area contributed by atoms with Crippen LogP contribution in [-0.2, 0) is 11.3 Å². The van der Waals surface area contributed by atoms with Crippen LogP contribution in [-0.4, -0.2) is 22.5 Å². The van der Waals surface area contributed by atoms with E-state index in [9.17, 15) is 9.18 Å². The van der Waals surface area contributed by atoms with Crippen molar-refractivity contribution >= 4 is 16.8 Å². The summed E-state index contributed by atoms with van der Waals surface area (Å²) in [4.78, 5) is 20.0. The third-order valence-corrected chi connectivity index (χ3v) is 3.25. The fourth-order valence-electron chi connectivity index (χ4n) is 2.08. The molecular weight excluding hydrogens is 297 g/mol. The van der Waals surface area contributed by atoms with Gasteiger partial charge in [0.1, 0.15) is 12.1 Å². The van der Waals surface area contributed by atoms with E-state index in [0.717, 1.165) is 16.5 Å². The van der Waals surface area contributed by atoms with E-state index < -0.39 is 0 Å². The van der Waals surface area contributed by atoms with Gasteiger partial charge in [0, 0.05) is 6.54 Å². The maximum absolute atomic E-state index is 12.8. The SMILES string of the molecule is O=C(COc1ncnc2ccccc12)NCc1ccc(F)cc1. The van der Waals surface area contributed by atoms with E-state index in [1.165, 1.54) is 18.5 Å². The molecule has 0 saturated carbocycles. The Morgan fingerprint density at radius 3 is 2.70 bits per heavy atom. The van der Waals surface area contributed by atoms with E-state index in [-0.39, 0.29) is 18.3 Å². The number of carbonyl (C=O) groups is 1. The van der Waals surface area contributed by atoms with Crippen LogP contribution in [0.25, 0.3) is 10.9 Å². The second-order valence-corrected chi connectivity index (χ2v) is 4.89. The number of fused-ring (bicyclic) bond motifs is 1. The maximum atomic E-state index is 12.8. The number of ether oxygens (including phenoxy) is 1. The normalized spacial score (nSPS) is 10.5. The molecule has 1 heterocycles. The summed E-state index contributed by atoms with van der Waals surface area (Å²) < 4.78 is 18.3. The van der Waals surface area contributed by atoms with E-state index >= 15 is 0 Å². The lowest BCUT2D eigenvalue weighted by Crippen LogP contribution is -2.28. The van der Waals surface area contributed by atoms with Crippen LogP contribution >= 0.6 is 0 Å². The first-order valence-electron chi connectivity index (χ1n) is 7.06. The van der Waals surface area contributed by atoms with Crippen LogP contribution in [0.2, 0.25) is 0 Å². The van der Waals surface area contributed by atoms with E-state index in [2.05, 4.69) is 15.3 Å². The van der Waals surface area contributed by atoms with Gasteiger partial charge in [-0.2, -0.15) is 0 Å². The molecule has 1 N–H and O–H groups in total. The smallest absolute Gasteiger partial charge is 0.258 e. The maximum Gasteiger partial charge on any atom is 0.258 e. The highest BCUT2D eigenvalue weighted by molar-refractivity contribution is 5.83. The highest BCUT2D eigenvalue weighted by Crippen LogP contribution is 2.20. The number of benzene rings is 2. The number of nitrogens with zero attached hydrogens (tertiary/aromatic N) is 2. The van der Waals surface area contributed by atoms with Gasteiger partial charge in [-0.1, -0.05) is 24.3 Å². The Hall–Kier alpha value is -3.02. The van der Waals surface area contributed by atoms with Crippen molar-refractivity contribution < 1.29 is 13.9 Å². The average Bonchev–Trinajstić information content (AvgIpc) is 2.59. The first-order chi connectivity index (χ1) is 11.2. The van der Waals surface area contributed by atoms with Gasteiger partial charge in [-0.3, -0.25) is 4.79 Å². The van der Waals surface area contributed by atoms with Gasteiger partial charge in [-0.05, 0) is 29.8 Å². The number of carbonyl (C=O) groups excluding carboxylic acids is 1. The van der Waals surface area contributed by atoms with Crippen molar-refractivity contribution in [1.29, 1.82) is 0 Å². The second-order valence-electron chi connectivity index (χ2n) is 4.89. The number of nitrogens with one attached hydrogen (secondary N) is 1. The quantitative estimate of drug-likeness (QED) is 0.786. The fraction of sp³-hybridized carbons (Fsp3) is 0.118. The van der Waals surface area contributed by atoms with Crippen LogP contribution in [0.5, 0.6) is 5.88 Å². The zero-order valence-corrected chi connectivity index (χ0v) is 12.2. The van der Waals surface area contributed by atoms with Gasteiger partial charge >= 0.3 is 0 Å². The number of rotatable bonds is 5. The van der Waals surface area contributed by atoms with Crippen molar-refractivity contribution in [2.24, 2.45) is 0 Å². The zero-order valence-electron chi connectivity index (χ0n) is 12.2. The largest absolute Gasteiger partial charge is 0.467 e. The Labute approximate surface area is 132 Å². The molecule has 0 spiro atoms. The number of halogens is 1. The number of para-hydroxylation sites is 1. The van der Waals surface area contributed by atoms with Crippen molar-refractivity contribution in [3.8, 4) is 5.88 Å². The first-order valence-corrected chi connectivity index (χ1v) is 7.06. The molecule has 23 heavy (non-hydrogen) atoms. The molecule has 1 amide bonds. The van der Waals surface area contributed by atoms with Crippen molar-refractivity contribution in [2.45, 2.75) is 6.54 Å². The predicted octanol–water partition coefficient (Wildman–Crippen LogP) is 2.46. The molecule has 0 aliphatic carbocycles. The Balaban J connectivity index is 1.57. The molecule has 3 aromatic rings. The minimum Gasteiger partial charge on any atom is -0.467 e. The van der Waals surface area contributed by atoms with Gasteiger partial charge in [-0.15, -0.1) is 0 Å². The minimum atomic E-state index is -0.306. The summed E-state index contributed by atoms with van der Waals surface area (Å²) in [5.74, 6) is -0.219. The molecule has 116 valence electrons. The number of hydrogen-bond donors (Lipinski definition) is 1. The molecule has 3 rings (SSSR count). The first kappa shape index (κ1) is 14.9.